The molecule has 0 aliphatic heterocycles. The van der Waals surface area contributed by atoms with E-state index in [0.29, 0.717) is 8.81 Å². The Kier molecular flexibility index (Phi) is 5.59. The van der Waals surface area contributed by atoms with Crippen molar-refractivity contribution in [1.29, 1.82) is 0 Å². The monoisotopic (exact) mass is 405 g/mol. The number of hydrogen-bond acceptors (Lipinski definition) is 3. The molecule has 19 heavy (non-hydrogen) atoms. The maximum atomic E-state index is 12.4. The van der Waals surface area contributed by atoms with Gasteiger partial charge in [0, 0.05) is 6.04 Å². The van der Waals surface area contributed by atoms with Crippen LogP contribution in [0.3, 0.4) is 0 Å². The van der Waals surface area contributed by atoms with Gasteiger partial charge in [-0.25, -0.2) is 13.1 Å². The van der Waals surface area contributed by atoms with Crippen LogP contribution >= 0.6 is 50.5 Å². The van der Waals surface area contributed by atoms with Crippen LogP contribution in [0, 0.1) is 0 Å². The molecule has 1 heterocycles. The smallest absolute Gasteiger partial charge is 0.208 e. The molecule has 3 nitrogen and oxygen atoms in total. The third kappa shape index (κ3) is 3.86. The summed E-state index contributed by atoms with van der Waals surface area (Å²) in [6.07, 6.45) is 6.23. The van der Waals surface area contributed by atoms with E-state index in [-0.39, 0.29) is 15.3 Å². The molecule has 0 unspecified atom stereocenters. The van der Waals surface area contributed by atoms with Crippen LogP contribution in [0.5, 0.6) is 0 Å². The molecule has 8 heteroatoms. The van der Waals surface area contributed by atoms with E-state index in [0.717, 1.165) is 37.0 Å². The van der Waals surface area contributed by atoms with Crippen molar-refractivity contribution >= 4 is 60.5 Å². The van der Waals surface area contributed by atoms with Crippen molar-refractivity contribution in [2.24, 2.45) is 0 Å². The Bertz CT molecular complexity index is 551. The second-order valence-corrected chi connectivity index (χ2v) is 9.27. The summed E-state index contributed by atoms with van der Waals surface area (Å²) in [6.45, 7) is 0. The molecule has 0 spiro atoms. The average Bonchev–Trinajstić information content (AvgIpc) is 2.52. The van der Waals surface area contributed by atoms with Gasteiger partial charge < -0.3 is 0 Å². The molecule has 0 radical (unpaired) electrons. The number of nitrogens with one attached hydrogen (secondary N) is 1. The maximum absolute atomic E-state index is 12.4. The van der Waals surface area contributed by atoms with Crippen LogP contribution in [0.15, 0.2) is 9.37 Å². The molecule has 1 N–H and O–H groups in total. The Morgan fingerprint density at radius 3 is 2.16 bits per heavy atom. The van der Waals surface area contributed by atoms with Crippen LogP contribution in [0.4, 0.5) is 0 Å². The largest absolute Gasteiger partial charge is 0.244 e. The summed E-state index contributed by atoms with van der Waals surface area (Å²) in [6, 6.07) is -0.00542. The lowest BCUT2D eigenvalue weighted by molar-refractivity contribution is 0.510. The second kappa shape index (κ2) is 6.62. The first-order valence-corrected chi connectivity index (χ1v) is 9.92. The number of thiophene rings is 1. The standard InChI is InChI=1S/C11H14BrCl2NO2S2/c12-8-9(11(14)18-10(8)13)19(16,17)15-7-5-3-1-2-4-6-7/h7,15H,1-6H2. The molecule has 0 amide bonds. The van der Waals surface area contributed by atoms with Crippen molar-refractivity contribution < 1.29 is 8.42 Å². The SMILES string of the molecule is O=S(=O)(NC1CCCCCC1)c1c(Cl)sc(Cl)c1Br. The topological polar surface area (TPSA) is 46.2 Å². The highest BCUT2D eigenvalue weighted by atomic mass is 79.9. The summed E-state index contributed by atoms with van der Waals surface area (Å²) >= 11 is 16.1. The zero-order valence-corrected chi connectivity index (χ0v) is 14.8. The van der Waals surface area contributed by atoms with Crippen LogP contribution in [-0.4, -0.2) is 14.5 Å². The lowest BCUT2D eigenvalue weighted by Gasteiger charge is -2.16. The number of rotatable bonds is 3. The fourth-order valence-electron chi connectivity index (χ4n) is 2.24. The molecule has 1 aliphatic rings. The third-order valence-electron chi connectivity index (χ3n) is 3.18. The van der Waals surface area contributed by atoms with Crippen LogP contribution in [0.2, 0.25) is 8.67 Å². The minimum atomic E-state index is -3.62. The fraction of sp³-hybridized carbons (Fsp3) is 0.636. The Hall–Kier alpha value is 0.670. The van der Waals surface area contributed by atoms with Gasteiger partial charge >= 0.3 is 0 Å². The molecule has 0 saturated heterocycles. The zero-order valence-electron chi connectivity index (χ0n) is 10.1. The van der Waals surface area contributed by atoms with Gasteiger partial charge in [0.1, 0.15) is 13.6 Å². The van der Waals surface area contributed by atoms with Crippen molar-refractivity contribution in [3.8, 4) is 0 Å². The zero-order chi connectivity index (χ0) is 14.0. The van der Waals surface area contributed by atoms with Gasteiger partial charge in [-0.1, -0.05) is 48.9 Å². The number of hydrogen-bond donors (Lipinski definition) is 1. The fourth-order valence-corrected chi connectivity index (χ4v) is 7.11. The minimum absolute atomic E-state index is 0.00542. The summed E-state index contributed by atoms with van der Waals surface area (Å²) in [5.74, 6) is 0. The van der Waals surface area contributed by atoms with Crippen molar-refractivity contribution in [2.45, 2.75) is 49.5 Å². The van der Waals surface area contributed by atoms with E-state index in [1.165, 1.54) is 12.8 Å². The van der Waals surface area contributed by atoms with E-state index in [4.69, 9.17) is 23.2 Å². The summed E-state index contributed by atoms with van der Waals surface area (Å²) in [7, 11) is -3.62. The molecular formula is C11H14BrCl2NO2S2. The average molecular weight is 407 g/mol. The Labute approximate surface area is 135 Å². The molecule has 0 aromatic carbocycles. The highest BCUT2D eigenvalue weighted by Crippen LogP contribution is 2.43. The van der Waals surface area contributed by atoms with Crippen LogP contribution < -0.4 is 4.72 Å². The van der Waals surface area contributed by atoms with E-state index < -0.39 is 10.0 Å². The number of halogens is 3. The van der Waals surface area contributed by atoms with Crippen LogP contribution in [-0.2, 0) is 10.0 Å². The van der Waals surface area contributed by atoms with E-state index in [2.05, 4.69) is 20.7 Å². The summed E-state index contributed by atoms with van der Waals surface area (Å²) in [5.41, 5.74) is 0. The third-order valence-corrected chi connectivity index (χ3v) is 8.16. The Morgan fingerprint density at radius 1 is 1.11 bits per heavy atom. The normalized spacial score (nSPS) is 18.5. The van der Waals surface area contributed by atoms with Gasteiger partial charge in [-0.2, -0.15) is 0 Å². The van der Waals surface area contributed by atoms with Gasteiger partial charge in [-0.05, 0) is 28.8 Å². The predicted octanol–water partition coefficient (Wildman–Crippen LogP) is 4.82. The molecular weight excluding hydrogens is 393 g/mol. The van der Waals surface area contributed by atoms with E-state index >= 15 is 0 Å². The van der Waals surface area contributed by atoms with Crippen molar-refractivity contribution in [2.75, 3.05) is 0 Å². The molecule has 1 fully saturated rings. The summed E-state index contributed by atoms with van der Waals surface area (Å²) < 4.78 is 28.4. The van der Waals surface area contributed by atoms with E-state index in [1.807, 2.05) is 0 Å². The molecule has 1 saturated carbocycles. The predicted molar refractivity (Wildman–Crippen MR) is 83.9 cm³/mol. The van der Waals surface area contributed by atoms with Crippen molar-refractivity contribution in [3.05, 3.63) is 13.1 Å². The summed E-state index contributed by atoms with van der Waals surface area (Å²) in [5, 5.41) is 0. The van der Waals surface area contributed by atoms with Crippen molar-refractivity contribution in [3.63, 3.8) is 0 Å². The van der Waals surface area contributed by atoms with Gasteiger partial charge in [0.2, 0.25) is 10.0 Å². The van der Waals surface area contributed by atoms with Crippen LogP contribution in [0.1, 0.15) is 38.5 Å². The van der Waals surface area contributed by atoms with E-state index in [1.54, 1.807) is 0 Å². The van der Waals surface area contributed by atoms with E-state index in [9.17, 15) is 8.42 Å². The van der Waals surface area contributed by atoms with Gasteiger partial charge in [0.25, 0.3) is 0 Å². The van der Waals surface area contributed by atoms with Gasteiger partial charge in [0.15, 0.2) is 0 Å². The molecule has 1 aromatic rings. The van der Waals surface area contributed by atoms with Gasteiger partial charge in [-0.15, -0.1) is 11.3 Å². The first-order chi connectivity index (χ1) is 8.92. The molecule has 1 aromatic heterocycles. The molecule has 108 valence electrons. The van der Waals surface area contributed by atoms with Crippen molar-refractivity contribution in [1.82, 2.24) is 4.72 Å². The second-order valence-electron chi connectivity index (χ2n) is 4.60. The van der Waals surface area contributed by atoms with Gasteiger partial charge in [-0.3, -0.25) is 0 Å². The summed E-state index contributed by atoms with van der Waals surface area (Å²) in [4.78, 5) is 0.0633. The lowest BCUT2D eigenvalue weighted by Crippen LogP contribution is -2.34. The number of sulfonamides is 1. The first kappa shape index (κ1) is 16.0. The first-order valence-electron chi connectivity index (χ1n) is 6.07. The quantitative estimate of drug-likeness (QED) is 0.731. The van der Waals surface area contributed by atoms with Gasteiger partial charge in [0.05, 0.1) is 4.47 Å². The highest BCUT2D eigenvalue weighted by Gasteiger charge is 2.28. The Morgan fingerprint density at radius 2 is 1.68 bits per heavy atom. The maximum Gasteiger partial charge on any atom is 0.244 e. The molecule has 1 aliphatic carbocycles. The highest BCUT2D eigenvalue weighted by molar-refractivity contribution is 9.10. The molecule has 0 bridgehead atoms. The lowest BCUT2D eigenvalue weighted by atomic mass is 10.1. The Balaban J connectivity index is 2.22. The minimum Gasteiger partial charge on any atom is -0.208 e. The van der Waals surface area contributed by atoms with Crippen LogP contribution in [0.25, 0.3) is 0 Å². The molecule has 2 rings (SSSR count). The molecule has 0 atom stereocenters.